The van der Waals surface area contributed by atoms with E-state index in [9.17, 15) is 4.79 Å². The maximum Gasteiger partial charge on any atom is 0.325 e. The minimum atomic E-state index is -0.858. The van der Waals surface area contributed by atoms with Crippen molar-refractivity contribution in [2.45, 2.75) is 44.7 Å². The minimum absolute atomic E-state index is 0.0787. The lowest BCUT2D eigenvalue weighted by molar-refractivity contribution is -0.137. The minimum Gasteiger partial charge on any atom is -0.480 e. The number of hydrogen-bond donors (Lipinski definition) is 1. The Balaban J connectivity index is 1.38. The fourth-order valence-electron chi connectivity index (χ4n) is 4.16. The molecule has 4 rings (SSSR count). The molecular formula is C19H26N6O2. The van der Waals surface area contributed by atoms with Gasteiger partial charge >= 0.3 is 5.97 Å². The van der Waals surface area contributed by atoms with Gasteiger partial charge in [-0.25, -0.2) is 9.97 Å². The molecule has 1 unspecified atom stereocenters. The zero-order valence-corrected chi connectivity index (χ0v) is 15.5. The van der Waals surface area contributed by atoms with E-state index >= 15 is 0 Å². The Morgan fingerprint density at radius 1 is 1.15 bits per heavy atom. The molecule has 0 bridgehead atoms. The summed E-state index contributed by atoms with van der Waals surface area (Å²) in [5.41, 5.74) is 2.14. The van der Waals surface area contributed by atoms with E-state index in [2.05, 4.69) is 24.9 Å². The van der Waals surface area contributed by atoms with Crippen molar-refractivity contribution in [3.63, 3.8) is 0 Å². The van der Waals surface area contributed by atoms with E-state index < -0.39 is 5.97 Å². The highest BCUT2D eigenvalue weighted by Crippen LogP contribution is 2.27. The van der Waals surface area contributed by atoms with E-state index in [0.717, 1.165) is 62.8 Å². The highest BCUT2D eigenvalue weighted by molar-refractivity contribution is 5.66. The molecule has 0 amide bonds. The van der Waals surface area contributed by atoms with Crippen LogP contribution in [0.3, 0.4) is 0 Å². The fourth-order valence-corrected chi connectivity index (χ4v) is 4.16. The molecule has 1 atom stereocenters. The van der Waals surface area contributed by atoms with E-state index in [0.29, 0.717) is 5.92 Å². The zero-order valence-electron chi connectivity index (χ0n) is 15.5. The van der Waals surface area contributed by atoms with E-state index in [1.165, 1.54) is 12.8 Å². The molecular weight excluding hydrogens is 344 g/mol. The highest BCUT2D eigenvalue weighted by atomic mass is 16.4. The van der Waals surface area contributed by atoms with Gasteiger partial charge in [-0.1, -0.05) is 0 Å². The van der Waals surface area contributed by atoms with Gasteiger partial charge in [-0.3, -0.25) is 14.4 Å². The topological polar surface area (TPSA) is 87.4 Å². The monoisotopic (exact) mass is 370 g/mol. The van der Waals surface area contributed by atoms with Crippen LogP contribution < -0.4 is 4.90 Å². The molecule has 2 aliphatic rings. The third-order valence-corrected chi connectivity index (χ3v) is 5.44. The van der Waals surface area contributed by atoms with Gasteiger partial charge in [-0.2, -0.15) is 5.10 Å². The van der Waals surface area contributed by atoms with Gasteiger partial charge in [0, 0.05) is 61.9 Å². The standard InChI is InChI=1S/C19H26N6O2/c26-18(27)14-25-17(5-6-22-25)16-4-3-7-23(13-16)12-15-10-20-19(21-11-15)24-8-1-2-9-24/h5-6,10-11,16H,1-4,7-9,12-14H2,(H,26,27). The molecule has 2 aliphatic heterocycles. The first-order valence-corrected chi connectivity index (χ1v) is 9.71. The Hall–Kier alpha value is -2.48. The smallest absolute Gasteiger partial charge is 0.325 e. The first kappa shape index (κ1) is 17.9. The SMILES string of the molecule is O=C(O)Cn1nccc1C1CCCN(Cc2cnc(N3CCCC3)nc2)C1. The Morgan fingerprint density at radius 3 is 2.67 bits per heavy atom. The zero-order chi connectivity index (χ0) is 18.6. The molecule has 144 valence electrons. The second-order valence-electron chi connectivity index (χ2n) is 7.47. The van der Waals surface area contributed by atoms with Crippen molar-refractivity contribution in [1.82, 2.24) is 24.6 Å². The first-order chi connectivity index (χ1) is 13.2. The fraction of sp³-hybridized carbons (Fsp3) is 0.579. The van der Waals surface area contributed by atoms with Crippen LogP contribution >= 0.6 is 0 Å². The van der Waals surface area contributed by atoms with Crippen molar-refractivity contribution in [1.29, 1.82) is 0 Å². The van der Waals surface area contributed by atoms with E-state index in [1.807, 2.05) is 18.5 Å². The summed E-state index contributed by atoms with van der Waals surface area (Å²) >= 11 is 0. The van der Waals surface area contributed by atoms with Crippen LogP contribution in [-0.2, 0) is 17.9 Å². The van der Waals surface area contributed by atoms with Crippen molar-refractivity contribution in [2.24, 2.45) is 0 Å². The highest BCUT2D eigenvalue weighted by Gasteiger charge is 2.25. The number of aliphatic carboxylic acids is 1. The maximum absolute atomic E-state index is 11.0. The average Bonchev–Trinajstić information content (AvgIpc) is 3.34. The number of carboxylic acids is 1. The summed E-state index contributed by atoms with van der Waals surface area (Å²) in [6, 6.07) is 1.95. The summed E-state index contributed by atoms with van der Waals surface area (Å²) in [5, 5.41) is 13.2. The van der Waals surface area contributed by atoms with E-state index in [1.54, 1.807) is 10.9 Å². The molecule has 27 heavy (non-hydrogen) atoms. The number of carboxylic acid groups (broad SMARTS) is 1. The number of anilines is 1. The lowest BCUT2D eigenvalue weighted by atomic mass is 9.94. The van der Waals surface area contributed by atoms with E-state index in [4.69, 9.17) is 5.11 Å². The van der Waals surface area contributed by atoms with Crippen LogP contribution in [-0.4, -0.2) is 61.9 Å². The van der Waals surface area contributed by atoms with Gasteiger partial charge in [-0.05, 0) is 38.3 Å². The number of hydrogen-bond acceptors (Lipinski definition) is 6. The Morgan fingerprint density at radius 2 is 1.93 bits per heavy atom. The second kappa shape index (κ2) is 8.04. The van der Waals surface area contributed by atoms with Crippen LogP contribution in [0, 0.1) is 0 Å². The molecule has 8 nitrogen and oxygen atoms in total. The van der Waals surface area contributed by atoms with Crippen molar-refractivity contribution in [3.05, 3.63) is 35.9 Å². The third-order valence-electron chi connectivity index (χ3n) is 5.44. The van der Waals surface area contributed by atoms with Crippen LogP contribution in [0.1, 0.15) is 42.9 Å². The molecule has 2 aromatic heterocycles. The van der Waals surface area contributed by atoms with Crippen LogP contribution in [0.4, 0.5) is 5.95 Å². The molecule has 0 aliphatic carbocycles. The largest absolute Gasteiger partial charge is 0.480 e. The van der Waals surface area contributed by atoms with Gasteiger partial charge in [0.15, 0.2) is 0 Å². The Bertz CT molecular complexity index is 769. The van der Waals surface area contributed by atoms with Crippen LogP contribution in [0.2, 0.25) is 0 Å². The summed E-state index contributed by atoms with van der Waals surface area (Å²) in [5.74, 6) is 0.290. The number of carbonyl (C=O) groups is 1. The lowest BCUT2D eigenvalue weighted by Crippen LogP contribution is -2.35. The third kappa shape index (κ3) is 4.27. The second-order valence-corrected chi connectivity index (χ2v) is 7.47. The van der Waals surface area contributed by atoms with E-state index in [-0.39, 0.29) is 6.54 Å². The molecule has 0 spiro atoms. The number of aromatic nitrogens is 4. The molecule has 0 saturated carbocycles. The molecule has 2 saturated heterocycles. The molecule has 2 fully saturated rings. The predicted molar refractivity (Wildman–Crippen MR) is 101 cm³/mol. The lowest BCUT2D eigenvalue weighted by Gasteiger charge is -2.32. The van der Waals surface area contributed by atoms with Gasteiger partial charge in [0.1, 0.15) is 6.54 Å². The molecule has 0 aromatic carbocycles. The van der Waals surface area contributed by atoms with Gasteiger partial charge in [0.25, 0.3) is 0 Å². The average molecular weight is 370 g/mol. The van der Waals surface area contributed by atoms with Crippen LogP contribution in [0.15, 0.2) is 24.7 Å². The van der Waals surface area contributed by atoms with Crippen LogP contribution in [0.5, 0.6) is 0 Å². The number of nitrogens with zero attached hydrogens (tertiary/aromatic N) is 6. The predicted octanol–water partition coefficient (Wildman–Crippen LogP) is 1.74. The quantitative estimate of drug-likeness (QED) is 0.829. The summed E-state index contributed by atoms with van der Waals surface area (Å²) in [4.78, 5) is 24.8. The van der Waals surface area contributed by atoms with Crippen molar-refractivity contribution >= 4 is 11.9 Å². The van der Waals surface area contributed by atoms with Gasteiger partial charge in [-0.15, -0.1) is 0 Å². The molecule has 8 heteroatoms. The maximum atomic E-state index is 11.0. The van der Waals surface area contributed by atoms with Crippen LogP contribution in [0.25, 0.3) is 0 Å². The number of piperidine rings is 1. The normalized spacial score (nSPS) is 20.9. The Kier molecular flexibility index (Phi) is 5.33. The van der Waals surface area contributed by atoms with Crippen molar-refractivity contribution in [3.8, 4) is 0 Å². The van der Waals surface area contributed by atoms with Gasteiger partial charge < -0.3 is 10.0 Å². The number of likely N-dealkylation sites (tertiary alicyclic amines) is 1. The van der Waals surface area contributed by atoms with Crippen molar-refractivity contribution in [2.75, 3.05) is 31.1 Å². The Labute approximate surface area is 158 Å². The summed E-state index contributed by atoms with van der Waals surface area (Å²) in [6.07, 6.45) is 10.2. The number of rotatable bonds is 6. The molecule has 0 radical (unpaired) electrons. The molecule has 4 heterocycles. The summed E-state index contributed by atoms with van der Waals surface area (Å²) in [6.45, 7) is 4.79. The van der Waals surface area contributed by atoms with Gasteiger partial charge in [0.2, 0.25) is 5.95 Å². The molecule has 2 aromatic rings. The summed E-state index contributed by atoms with van der Waals surface area (Å²) < 4.78 is 1.62. The molecule has 1 N–H and O–H groups in total. The summed E-state index contributed by atoms with van der Waals surface area (Å²) in [7, 11) is 0. The van der Waals surface area contributed by atoms with Gasteiger partial charge in [0.05, 0.1) is 0 Å². The van der Waals surface area contributed by atoms with Crippen molar-refractivity contribution < 1.29 is 9.90 Å². The first-order valence-electron chi connectivity index (χ1n) is 9.71.